The number of nitrogens with one attached hydrogen (secondary N) is 1. The van der Waals surface area contributed by atoms with Crippen molar-refractivity contribution in [3.8, 4) is 0 Å². The Kier molecular flexibility index (Phi) is 6.93. The van der Waals surface area contributed by atoms with Crippen molar-refractivity contribution in [1.82, 2.24) is 14.8 Å². The third kappa shape index (κ3) is 4.25. The van der Waals surface area contributed by atoms with E-state index >= 15 is 0 Å². The molecule has 6 nitrogen and oxygen atoms in total. The molecular weight excluding hydrogens is 329 g/mol. The van der Waals surface area contributed by atoms with Crippen molar-refractivity contribution in [2.24, 2.45) is 0 Å². The van der Waals surface area contributed by atoms with E-state index in [0.717, 1.165) is 6.54 Å². The fourth-order valence-corrected chi connectivity index (χ4v) is 2.22. The van der Waals surface area contributed by atoms with Crippen LogP contribution in [0.4, 0.5) is 0 Å². The minimum atomic E-state index is -0.474. The van der Waals surface area contributed by atoms with Crippen molar-refractivity contribution in [3.05, 3.63) is 33.8 Å². The summed E-state index contributed by atoms with van der Waals surface area (Å²) >= 11 is 5.86. The van der Waals surface area contributed by atoms with Crippen LogP contribution in [0.2, 0.25) is 5.02 Å². The molecule has 122 valence electrons. The first-order valence-electron chi connectivity index (χ1n) is 6.70. The number of aryl methyl sites for hydroxylation is 1. The van der Waals surface area contributed by atoms with Crippen LogP contribution in [-0.2, 0) is 11.3 Å². The van der Waals surface area contributed by atoms with Crippen LogP contribution in [0, 0.1) is 0 Å². The maximum absolute atomic E-state index is 12.0. The zero-order chi connectivity index (χ0) is 15.4. The predicted octanol–water partition coefficient (Wildman–Crippen LogP) is 1.74. The molecule has 0 spiro atoms. The zero-order valence-corrected chi connectivity index (χ0v) is 14.0. The van der Waals surface area contributed by atoms with Crippen LogP contribution >= 0.6 is 24.0 Å². The lowest BCUT2D eigenvalue weighted by molar-refractivity contribution is -0.130. The molecule has 0 aliphatic heterocycles. The molecule has 0 unspecified atom stereocenters. The average molecular weight is 348 g/mol. The lowest BCUT2D eigenvalue weighted by Crippen LogP contribution is -2.33. The first kappa shape index (κ1) is 18.5. The van der Waals surface area contributed by atoms with Gasteiger partial charge in [-0.05, 0) is 19.2 Å². The molecule has 22 heavy (non-hydrogen) atoms. The Balaban J connectivity index is 0.00000242. The Morgan fingerprint density at radius 1 is 1.45 bits per heavy atom. The highest BCUT2D eigenvalue weighted by molar-refractivity contribution is 6.31. The highest BCUT2D eigenvalue weighted by atomic mass is 35.5. The van der Waals surface area contributed by atoms with Crippen molar-refractivity contribution in [2.75, 3.05) is 27.2 Å². The van der Waals surface area contributed by atoms with E-state index in [-0.39, 0.29) is 31.3 Å². The van der Waals surface area contributed by atoms with Crippen molar-refractivity contribution in [2.45, 2.75) is 13.0 Å². The average Bonchev–Trinajstić information content (AvgIpc) is 2.76. The molecule has 1 N–H and O–H groups in total. The highest BCUT2D eigenvalue weighted by Gasteiger charge is 2.13. The van der Waals surface area contributed by atoms with Crippen molar-refractivity contribution in [3.63, 3.8) is 0 Å². The highest BCUT2D eigenvalue weighted by Crippen LogP contribution is 2.18. The predicted molar refractivity (Wildman–Crippen MR) is 88.9 cm³/mol. The van der Waals surface area contributed by atoms with E-state index in [1.165, 1.54) is 4.57 Å². The van der Waals surface area contributed by atoms with Gasteiger partial charge >= 0.3 is 5.76 Å². The Bertz CT molecular complexity index is 696. The van der Waals surface area contributed by atoms with Gasteiger partial charge in [0.1, 0.15) is 0 Å². The first-order chi connectivity index (χ1) is 10.0. The van der Waals surface area contributed by atoms with Gasteiger partial charge in [0.15, 0.2) is 5.58 Å². The molecule has 0 fully saturated rings. The quantitative estimate of drug-likeness (QED) is 0.864. The second-order valence-corrected chi connectivity index (χ2v) is 5.24. The van der Waals surface area contributed by atoms with E-state index in [0.29, 0.717) is 22.7 Å². The lowest BCUT2D eigenvalue weighted by Gasteiger charge is -2.16. The molecular formula is C14H19Cl2N3O3. The van der Waals surface area contributed by atoms with E-state index < -0.39 is 5.76 Å². The SMILES string of the molecule is CNCCN(C)C(=O)CCn1c(=O)oc2cc(Cl)ccc21.Cl. The Hall–Kier alpha value is -1.50. The monoisotopic (exact) mass is 347 g/mol. The third-order valence-corrected chi connectivity index (χ3v) is 3.54. The van der Waals surface area contributed by atoms with Crippen LogP contribution < -0.4 is 11.1 Å². The van der Waals surface area contributed by atoms with Gasteiger partial charge in [0.05, 0.1) is 5.52 Å². The molecule has 1 amide bonds. The number of carbonyl (C=O) groups excluding carboxylic acids is 1. The molecule has 1 aromatic carbocycles. The minimum absolute atomic E-state index is 0. The van der Waals surface area contributed by atoms with Gasteiger partial charge in [0.2, 0.25) is 5.91 Å². The summed E-state index contributed by atoms with van der Waals surface area (Å²) in [5.74, 6) is -0.488. The summed E-state index contributed by atoms with van der Waals surface area (Å²) in [7, 11) is 3.58. The molecule has 1 aromatic heterocycles. The van der Waals surface area contributed by atoms with Crippen LogP contribution in [-0.4, -0.2) is 42.6 Å². The topological polar surface area (TPSA) is 67.5 Å². The molecule has 0 aliphatic rings. The number of oxazole rings is 1. The smallest absolute Gasteiger partial charge is 0.408 e. The number of hydrogen-bond donors (Lipinski definition) is 1. The van der Waals surface area contributed by atoms with Crippen molar-refractivity contribution in [1.29, 1.82) is 0 Å². The minimum Gasteiger partial charge on any atom is -0.408 e. The van der Waals surface area contributed by atoms with E-state index in [1.807, 2.05) is 7.05 Å². The number of amides is 1. The van der Waals surface area contributed by atoms with Crippen LogP contribution in [0.5, 0.6) is 0 Å². The summed E-state index contributed by atoms with van der Waals surface area (Å²) in [5.41, 5.74) is 1.08. The molecule has 2 rings (SSSR count). The molecule has 2 aromatic rings. The summed E-state index contributed by atoms with van der Waals surface area (Å²) < 4.78 is 6.58. The summed E-state index contributed by atoms with van der Waals surface area (Å²) in [4.78, 5) is 25.4. The van der Waals surface area contributed by atoms with Gasteiger partial charge in [-0.3, -0.25) is 9.36 Å². The number of nitrogens with zero attached hydrogens (tertiary/aromatic N) is 2. The normalized spacial score (nSPS) is 10.5. The van der Waals surface area contributed by atoms with E-state index in [9.17, 15) is 9.59 Å². The molecule has 0 aliphatic carbocycles. The largest absolute Gasteiger partial charge is 0.419 e. The molecule has 0 bridgehead atoms. The van der Waals surface area contributed by atoms with Gasteiger partial charge in [-0.15, -0.1) is 12.4 Å². The summed E-state index contributed by atoms with van der Waals surface area (Å²) in [5, 5.41) is 3.49. The van der Waals surface area contributed by atoms with Gasteiger partial charge in [-0.25, -0.2) is 4.79 Å². The Morgan fingerprint density at radius 2 is 2.18 bits per heavy atom. The lowest BCUT2D eigenvalue weighted by atomic mass is 10.3. The number of likely N-dealkylation sites (N-methyl/N-ethyl adjacent to an activating group) is 2. The molecule has 0 atom stereocenters. The van der Waals surface area contributed by atoms with Gasteiger partial charge in [0.25, 0.3) is 0 Å². The molecule has 0 saturated heterocycles. The van der Waals surface area contributed by atoms with Gasteiger partial charge in [0, 0.05) is 44.2 Å². The first-order valence-corrected chi connectivity index (χ1v) is 7.08. The molecule has 0 radical (unpaired) electrons. The Labute approximate surface area is 139 Å². The standard InChI is InChI=1S/C14H18ClN3O3.ClH/c1-16-6-8-17(2)13(19)5-7-18-11-4-3-10(15)9-12(11)21-14(18)20;/h3-4,9,16H,5-8H2,1-2H3;1H. The number of halogens is 2. The van der Waals surface area contributed by atoms with Crippen molar-refractivity contribution >= 4 is 41.0 Å². The third-order valence-electron chi connectivity index (χ3n) is 3.30. The fraction of sp³-hybridized carbons (Fsp3) is 0.429. The second kappa shape index (κ2) is 8.22. The molecule has 0 saturated carbocycles. The number of carbonyl (C=O) groups is 1. The summed E-state index contributed by atoms with van der Waals surface area (Å²) in [6.07, 6.45) is 0.247. The van der Waals surface area contributed by atoms with E-state index in [4.69, 9.17) is 16.0 Å². The second-order valence-electron chi connectivity index (χ2n) is 4.80. The molecule has 8 heteroatoms. The summed E-state index contributed by atoms with van der Waals surface area (Å²) in [6.45, 7) is 1.65. The number of aromatic nitrogens is 1. The van der Waals surface area contributed by atoms with E-state index in [2.05, 4.69) is 5.32 Å². The Morgan fingerprint density at radius 3 is 2.86 bits per heavy atom. The fourth-order valence-electron chi connectivity index (χ4n) is 2.05. The maximum atomic E-state index is 12.0. The number of rotatable bonds is 6. The van der Waals surface area contributed by atoms with Crippen LogP contribution in [0.1, 0.15) is 6.42 Å². The maximum Gasteiger partial charge on any atom is 0.419 e. The van der Waals surface area contributed by atoms with E-state index in [1.54, 1.807) is 30.1 Å². The number of benzene rings is 1. The van der Waals surface area contributed by atoms with Gasteiger partial charge in [-0.2, -0.15) is 0 Å². The van der Waals surface area contributed by atoms with Crippen LogP contribution in [0.15, 0.2) is 27.4 Å². The number of hydrogen-bond acceptors (Lipinski definition) is 4. The van der Waals surface area contributed by atoms with Gasteiger partial charge in [-0.1, -0.05) is 11.6 Å². The van der Waals surface area contributed by atoms with Crippen LogP contribution in [0.3, 0.4) is 0 Å². The zero-order valence-electron chi connectivity index (χ0n) is 12.5. The van der Waals surface area contributed by atoms with Crippen LogP contribution in [0.25, 0.3) is 11.1 Å². The van der Waals surface area contributed by atoms with Gasteiger partial charge < -0.3 is 14.6 Å². The van der Waals surface area contributed by atoms with Crippen molar-refractivity contribution < 1.29 is 9.21 Å². The number of fused-ring (bicyclic) bond motifs is 1. The molecule has 1 heterocycles. The summed E-state index contributed by atoms with van der Waals surface area (Å²) in [6, 6.07) is 5.00.